The Balaban J connectivity index is 1.39. The Morgan fingerprint density at radius 1 is 1.08 bits per heavy atom. The van der Waals surface area contributed by atoms with E-state index in [1.54, 1.807) is 31.2 Å². The number of nitrogens with one attached hydrogen (secondary N) is 3. The number of hydrogen-bond donors (Lipinski definition) is 3. The van der Waals surface area contributed by atoms with Gasteiger partial charge in [0, 0.05) is 11.9 Å². The molecule has 2 fully saturated rings. The van der Waals surface area contributed by atoms with Crippen LogP contribution in [0.1, 0.15) is 40.6 Å². The summed E-state index contributed by atoms with van der Waals surface area (Å²) in [7, 11) is 1.29. The van der Waals surface area contributed by atoms with E-state index in [2.05, 4.69) is 16.0 Å². The smallest absolute Gasteiger partial charge is 0.322 e. The summed E-state index contributed by atoms with van der Waals surface area (Å²) in [6.45, 7) is 1.28. The van der Waals surface area contributed by atoms with E-state index in [-0.39, 0.29) is 48.3 Å². The Hall–Kier alpha value is -4.74. The van der Waals surface area contributed by atoms with Crippen LogP contribution in [0.25, 0.3) is 11.0 Å². The lowest BCUT2D eigenvalue weighted by atomic mass is 9.88. The summed E-state index contributed by atoms with van der Waals surface area (Å²) in [5, 5.41) is 7.97. The van der Waals surface area contributed by atoms with Gasteiger partial charge < -0.3 is 24.7 Å². The van der Waals surface area contributed by atoms with Crippen molar-refractivity contribution in [2.75, 3.05) is 13.7 Å². The molecular formula is C26H21FN4O7. The first kappa shape index (κ1) is 23.6. The quantitative estimate of drug-likeness (QED) is 0.342. The third kappa shape index (κ3) is 3.22. The summed E-state index contributed by atoms with van der Waals surface area (Å²) in [4.78, 5) is 64.2. The van der Waals surface area contributed by atoms with Gasteiger partial charge in [0.1, 0.15) is 16.9 Å². The molecule has 0 saturated carbocycles. The Morgan fingerprint density at radius 3 is 2.53 bits per heavy atom. The zero-order chi connectivity index (χ0) is 27.0. The monoisotopic (exact) mass is 520 g/mol. The van der Waals surface area contributed by atoms with Crippen LogP contribution in [0.2, 0.25) is 0 Å². The molecule has 3 N–H and O–H groups in total. The van der Waals surface area contributed by atoms with Gasteiger partial charge in [0.15, 0.2) is 22.9 Å². The molecular weight excluding hydrogens is 499 g/mol. The molecule has 12 heteroatoms. The van der Waals surface area contributed by atoms with Gasteiger partial charge in [-0.05, 0) is 42.3 Å². The minimum absolute atomic E-state index is 0.00449. The normalized spacial score (nSPS) is 24.6. The minimum atomic E-state index is -1.80. The lowest BCUT2D eigenvalue weighted by Crippen LogP contribution is -2.52. The average Bonchev–Trinajstić information content (AvgIpc) is 3.58. The Morgan fingerprint density at radius 2 is 1.87 bits per heavy atom. The SMILES string of the molecule is COc1ccc2c(c1F)C(=O)N(C[C@@]1(c3cc4cc(C5(C)NC(=O)CC5=O)ccc4o3)NC(=O)NC1=O)C2. The number of imide groups is 1. The summed E-state index contributed by atoms with van der Waals surface area (Å²) >= 11 is 0. The number of furan rings is 1. The maximum atomic E-state index is 14.9. The molecule has 3 aromatic rings. The Bertz CT molecular complexity index is 1610. The van der Waals surface area contributed by atoms with E-state index in [9.17, 15) is 28.4 Å². The fraction of sp³-hybridized carbons (Fsp3) is 0.269. The van der Waals surface area contributed by atoms with E-state index in [0.29, 0.717) is 22.1 Å². The number of halogens is 1. The van der Waals surface area contributed by atoms with E-state index in [0.717, 1.165) is 0 Å². The second kappa shape index (κ2) is 7.88. The molecule has 1 aromatic heterocycles. The zero-order valence-electron chi connectivity index (χ0n) is 20.3. The van der Waals surface area contributed by atoms with Crippen molar-refractivity contribution >= 4 is 40.5 Å². The van der Waals surface area contributed by atoms with Crippen molar-refractivity contribution in [1.82, 2.24) is 20.9 Å². The predicted octanol–water partition coefficient (Wildman–Crippen LogP) is 1.58. The molecule has 0 spiro atoms. The third-order valence-corrected chi connectivity index (χ3v) is 7.43. The number of ether oxygens (including phenoxy) is 1. The number of nitrogens with zero attached hydrogens (tertiary/aromatic N) is 1. The lowest BCUT2D eigenvalue weighted by Gasteiger charge is -2.29. The van der Waals surface area contributed by atoms with E-state index < -0.39 is 34.7 Å². The summed E-state index contributed by atoms with van der Waals surface area (Å²) < 4.78 is 25.8. The number of benzene rings is 2. The van der Waals surface area contributed by atoms with Crippen molar-refractivity contribution < 1.29 is 37.5 Å². The van der Waals surface area contributed by atoms with Crippen LogP contribution in [-0.2, 0) is 32.0 Å². The van der Waals surface area contributed by atoms with Crippen molar-refractivity contribution in [3.63, 3.8) is 0 Å². The number of urea groups is 1. The topological polar surface area (TPSA) is 147 Å². The van der Waals surface area contributed by atoms with E-state index >= 15 is 0 Å². The van der Waals surface area contributed by atoms with Gasteiger partial charge >= 0.3 is 6.03 Å². The second-order valence-electron chi connectivity index (χ2n) is 9.73. The molecule has 0 aliphatic carbocycles. The highest BCUT2D eigenvalue weighted by Crippen LogP contribution is 2.37. The molecule has 3 aliphatic rings. The summed E-state index contributed by atoms with van der Waals surface area (Å²) in [5.74, 6) is -2.90. The Labute approximate surface area is 214 Å². The molecule has 5 amide bonds. The van der Waals surface area contributed by atoms with E-state index in [1.165, 1.54) is 24.1 Å². The number of rotatable bonds is 5. The molecule has 38 heavy (non-hydrogen) atoms. The fourth-order valence-electron chi connectivity index (χ4n) is 5.33. The molecule has 194 valence electrons. The molecule has 11 nitrogen and oxygen atoms in total. The molecule has 3 aliphatic heterocycles. The van der Waals surface area contributed by atoms with Crippen molar-refractivity contribution in [2.45, 2.75) is 31.0 Å². The molecule has 0 radical (unpaired) electrons. The van der Waals surface area contributed by atoms with Gasteiger partial charge in [-0.1, -0.05) is 12.1 Å². The van der Waals surface area contributed by atoms with Gasteiger partial charge in [-0.3, -0.25) is 24.5 Å². The number of ketones is 1. The van der Waals surface area contributed by atoms with Gasteiger partial charge in [-0.2, -0.15) is 0 Å². The number of amides is 5. The highest BCUT2D eigenvalue weighted by atomic mass is 19.1. The van der Waals surface area contributed by atoms with Crippen molar-refractivity contribution in [2.24, 2.45) is 0 Å². The second-order valence-corrected chi connectivity index (χ2v) is 9.73. The van der Waals surface area contributed by atoms with Gasteiger partial charge in [-0.15, -0.1) is 0 Å². The van der Waals surface area contributed by atoms with Crippen molar-refractivity contribution in [3.8, 4) is 5.75 Å². The maximum Gasteiger partial charge on any atom is 0.322 e. The average molecular weight is 520 g/mol. The van der Waals surface area contributed by atoms with Gasteiger partial charge in [-0.25, -0.2) is 9.18 Å². The third-order valence-electron chi connectivity index (χ3n) is 7.43. The number of methoxy groups -OCH3 is 1. The van der Waals surface area contributed by atoms with Crippen LogP contribution >= 0.6 is 0 Å². The molecule has 2 atom stereocenters. The van der Waals surface area contributed by atoms with Crippen LogP contribution in [0.15, 0.2) is 40.8 Å². The fourth-order valence-corrected chi connectivity index (χ4v) is 5.33. The Kier molecular flexibility index (Phi) is 4.90. The minimum Gasteiger partial charge on any atom is -0.494 e. The molecule has 0 bridgehead atoms. The van der Waals surface area contributed by atoms with Crippen molar-refractivity contribution in [1.29, 1.82) is 0 Å². The summed E-state index contributed by atoms with van der Waals surface area (Å²) in [6, 6.07) is 8.63. The first-order valence-corrected chi connectivity index (χ1v) is 11.7. The van der Waals surface area contributed by atoms with Gasteiger partial charge in [0.2, 0.25) is 5.91 Å². The van der Waals surface area contributed by atoms with E-state index in [1.807, 2.05) is 0 Å². The first-order chi connectivity index (χ1) is 18.1. The van der Waals surface area contributed by atoms with E-state index in [4.69, 9.17) is 9.15 Å². The molecule has 6 rings (SSSR count). The molecule has 4 heterocycles. The summed E-state index contributed by atoms with van der Waals surface area (Å²) in [6.07, 6.45) is -0.223. The van der Waals surface area contributed by atoms with Gasteiger partial charge in [0.25, 0.3) is 11.8 Å². The van der Waals surface area contributed by atoms with Gasteiger partial charge in [0.05, 0.1) is 25.6 Å². The number of hydrogen-bond acceptors (Lipinski definition) is 7. The number of carbonyl (C=O) groups excluding carboxylic acids is 5. The van der Waals surface area contributed by atoms with Crippen LogP contribution in [0, 0.1) is 5.82 Å². The lowest BCUT2D eigenvalue weighted by molar-refractivity contribution is -0.125. The van der Waals surface area contributed by atoms with Crippen LogP contribution in [-0.4, -0.2) is 48.1 Å². The van der Waals surface area contributed by atoms with Crippen LogP contribution in [0.3, 0.4) is 0 Å². The predicted molar refractivity (Wildman–Crippen MR) is 127 cm³/mol. The number of Topliss-reactive ketones (excluding diaryl/α,β-unsaturated/α-hetero) is 1. The summed E-state index contributed by atoms with van der Waals surface area (Å²) in [5.41, 5.74) is -1.87. The largest absolute Gasteiger partial charge is 0.494 e. The van der Waals surface area contributed by atoms with Crippen LogP contribution < -0.4 is 20.7 Å². The first-order valence-electron chi connectivity index (χ1n) is 11.7. The number of carbonyl (C=O) groups is 5. The molecule has 2 aromatic carbocycles. The standard InChI is InChI=1S/C26H21FN4O7/c1-25(17(32)9-19(33)29-25)14-4-6-15-13(7-14)8-18(38-15)26(23(35)28-24(36)30-26)11-31-10-12-3-5-16(37-2)21(27)20(12)22(31)34/h3-8H,9-11H2,1-2H3,(H,29,33)(H2,28,30,35,36)/t25?,26-/m0/s1. The molecule has 2 saturated heterocycles. The number of fused-ring (bicyclic) bond motifs is 2. The van der Waals surface area contributed by atoms with Crippen molar-refractivity contribution in [3.05, 3.63) is 64.7 Å². The van der Waals surface area contributed by atoms with Crippen LogP contribution in [0.4, 0.5) is 9.18 Å². The molecule has 1 unspecified atom stereocenters. The highest BCUT2D eigenvalue weighted by Gasteiger charge is 2.53. The highest BCUT2D eigenvalue weighted by molar-refractivity contribution is 6.11. The van der Waals surface area contributed by atoms with Crippen LogP contribution in [0.5, 0.6) is 5.75 Å². The maximum absolute atomic E-state index is 14.9. The zero-order valence-corrected chi connectivity index (χ0v) is 20.3.